The summed E-state index contributed by atoms with van der Waals surface area (Å²) in [6, 6.07) is 8.67. The molecule has 2 rings (SSSR count). The Hall–Kier alpha value is -1.33. The molecule has 0 aromatic heterocycles. The summed E-state index contributed by atoms with van der Waals surface area (Å²) in [5.41, 5.74) is 1.36. The maximum absolute atomic E-state index is 11.4. The van der Waals surface area contributed by atoms with E-state index in [0.717, 1.165) is 42.4 Å². The Bertz CT molecular complexity index is 555. The van der Waals surface area contributed by atoms with E-state index in [1.54, 1.807) is 0 Å². The van der Waals surface area contributed by atoms with Crippen LogP contribution in [0.3, 0.4) is 0 Å². The predicted molar refractivity (Wildman–Crippen MR) is 85.8 cm³/mol. The summed E-state index contributed by atoms with van der Waals surface area (Å²) in [5.74, 6) is 0.551. The molecule has 0 heterocycles. The molecule has 1 aliphatic carbocycles. The van der Waals surface area contributed by atoms with E-state index in [9.17, 15) is 10.4 Å². The molecule has 1 fully saturated rings. The van der Waals surface area contributed by atoms with Crippen molar-refractivity contribution in [2.75, 3.05) is 0 Å². The minimum atomic E-state index is -1.09. The van der Waals surface area contributed by atoms with E-state index in [4.69, 9.17) is 0 Å². The molecule has 1 aromatic carbocycles. The maximum Gasteiger partial charge on any atom is 0.106 e. The Morgan fingerprint density at radius 3 is 2.76 bits per heavy atom. The van der Waals surface area contributed by atoms with Gasteiger partial charge in [-0.2, -0.15) is 5.26 Å². The molecule has 0 radical (unpaired) electrons. The summed E-state index contributed by atoms with van der Waals surface area (Å²) in [6.45, 7) is 8.09. The summed E-state index contributed by atoms with van der Waals surface area (Å²) in [7, 11) is 0. The number of hydrogen-bond donors (Lipinski definition) is 1. The third-order valence-electron chi connectivity index (χ3n) is 5.49. The number of rotatable bonds is 3. The zero-order valence-electron chi connectivity index (χ0n) is 13.7. The maximum atomic E-state index is 11.4. The van der Waals surface area contributed by atoms with Gasteiger partial charge in [0.1, 0.15) is 5.60 Å². The predicted octanol–water partition coefficient (Wildman–Crippen LogP) is 4.62. The molecule has 0 bridgehead atoms. The van der Waals surface area contributed by atoms with E-state index < -0.39 is 11.0 Å². The number of hydrogen-bond acceptors (Lipinski definition) is 2. The molecular weight excluding hydrogens is 258 g/mol. The van der Waals surface area contributed by atoms with Crippen LogP contribution in [-0.2, 0) is 5.60 Å². The number of benzene rings is 1. The van der Waals surface area contributed by atoms with E-state index in [1.807, 2.05) is 32.9 Å². The molecule has 2 nitrogen and oxygen atoms in total. The second-order valence-electron chi connectivity index (χ2n) is 6.96. The van der Waals surface area contributed by atoms with Crippen molar-refractivity contribution in [3.8, 4) is 6.07 Å². The molecule has 1 saturated carbocycles. The average molecular weight is 285 g/mol. The van der Waals surface area contributed by atoms with E-state index in [0.29, 0.717) is 5.92 Å². The first-order valence-electron chi connectivity index (χ1n) is 8.07. The highest BCUT2D eigenvalue weighted by molar-refractivity contribution is 5.38. The number of aryl methyl sites for hydroxylation is 2. The summed E-state index contributed by atoms with van der Waals surface area (Å²) < 4.78 is 0. The van der Waals surface area contributed by atoms with Crippen molar-refractivity contribution in [2.45, 2.75) is 65.4 Å². The van der Waals surface area contributed by atoms with E-state index >= 15 is 0 Å². The van der Waals surface area contributed by atoms with Crippen LogP contribution < -0.4 is 0 Å². The monoisotopic (exact) mass is 285 g/mol. The van der Waals surface area contributed by atoms with Gasteiger partial charge < -0.3 is 5.11 Å². The van der Waals surface area contributed by atoms with Crippen LogP contribution in [-0.4, -0.2) is 5.11 Å². The topological polar surface area (TPSA) is 44.0 Å². The normalized spacial score (nSPS) is 28.7. The van der Waals surface area contributed by atoms with Gasteiger partial charge in [-0.3, -0.25) is 0 Å². The number of aliphatic hydroxyl groups is 1. The van der Waals surface area contributed by atoms with Crippen molar-refractivity contribution < 1.29 is 5.11 Å². The third-order valence-corrected chi connectivity index (χ3v) is 5.49. The zero-order valence-corrected chi connectivity index (χ0v) is 13.7. The molecule has 1 aliphatic rings. The van der Waals surface area contributed by atoms with Gasteiger partial charge in [-0.25, -0.2) is 0 Å². The van der Waals surface area contributed by atoms with Gasteiger partial charge in [0.2, 0.25) is 0 Å². The van der Waals surface area contributed by atoms with Crippen LogP contribution in [0.25, 0.3) is 0 Å². The van der Waals surface area contributed by atoms with Crippen LogP contribution in [0.1, 0.15) is 62.6 Å². The zero-order chi connectivity index (χ0) is 15.7. The lowest BCUT2D eigenvalue weighted by Gasteiger charge is -2.46. The third kappa shape index (κ3) is 2.72. The molecule has 0 aliphatic heterocycles. The van der Waals surface area contributed by atoms with Crippen molar-refractivity contribution in [3.05, 3.63) is 34.9 Å². The highest BCUT2D eigenvalue weighted by Gasteiger charge is 2.51. The number of nitriles is 1. The lowest BCUT2D eigenvalue weighted by molar-refractivity contribution is -0.0742. The fraction of sp³-hybridized carbons (Fsp3) is 0.632. The van der Waals surface area contributed by atoms with Gasteiger partial charge in [0.15, 0.2) is 0 Å². The first-order chi connectivity index (χ1) is 9.86. The van der Waals surface area contributed by atoms with Crippen molar-refractivity contribution in [3.63, 3.8) is 0 Å². The lowest BCUT2D eigenvalue weighted by Crippen LogP contribution is -2.46. The fourth-order valence-corrected chi connectivity index (χ4v) is 3.91. The van der Waals surface area contributed by atoms with Gasteiger partial charge in [-0.1, -0.05) is 49.9 Å². The smallest absolute Gasteiger partial charge is 0.106 e. The van der Waals surface area contributed by atoms with Crippen LogP contribution in [0.4, 0.5) is 0 Å². The molecule has 0 saturated heterocycles. The van der Waals surface area contributed by atoms with E-state index in [1.165, 1.54) is 6.42 Å². The van der Waals surface area contributed by atoms with Crippen molar-refractivity contribution in [1.29, 1.82) is 5.26 Å². The Morgan fingerprint density at radius 2 is 2.14 bits per heavy atom. The second-order valence-corrected chi connectivity index (χ2v) is 6.96. The SMILES string of the molecule is CCC1CCCC(C#N)(C(C)(O)c2cc(C)ccc2C)C1. The van der Waals surface area contributed by atoms with Gasteiger partial charge in [-0.15, -0.1) is 0 Å². The Morgan fingerprint density at radius 1 is 1.43 bits per heavy atom. The minimum Gasteiger partial charge on any atom is -0.384 e. The fourth-order valence-electron chi connectivity index (χ4n) is 3.91. The quantitative estimate of drug-likeness (QED) is 0.880. The molecular formula is C19H27NO. The minimum absolute atomic E-state index is 0.551. The van der Waals surface area contributed by atoms with Crippen LogP contribution in [0, 0.1) is 36.5 Å². The van der Waals surface area contributed by atoms with Crippen LogP contribution in [0.15, 0.2) is 18.2 Å². The van der Waals surface area contributed by atoms with E-state index in [2.05, 4.69) is 19.1 Å². The molecule has 2 heteroatoms. The summed E-state index contributed by atoms with van der Waals surface area (Å²) in [5, 5.41) is 21.3. The molecule has 3 unspecified atom stereocenters. The van der Waals surface area contributed by atoms with Crippen molar-refractivity contribution in [2.24, 2.45) is 11.3 Å². The van der Waals surface area contributed by atoms with Crippen molar-refractivity contribution in [1.82, 2.24) is 0 Å². The van der Waals surface area contributed by atoms with Crippen molar-refractivity contribution >= 4 is 0 Å². The molecule has 3 atom stereocenters. The Labute approximate surface area is 128 Å². The van der Waals surface area contributed by atoms with E-state index in [-0.39, 0.29) is 0 Å². The Balaban J connectivity index is 2.49. The van der Waals surface area contributed by atoms with Gasteiger partial charge in [-0.05, 0) is 50.7 Å². The van der Waals surface area contributed by atoms with Gasteiger partial charge in [0.25, 0.3) is 0 Å². The molecule has 0 spiro atoms. The first-order valence-corrected chi connectivity index (χ1v) is 8.07. The van der Waals surface area contributed by atoms with Gasteiger partial charge >= 0.3 is 0 Å². The average Bonchev–Trinajstić information content (AvgIpc) is 2.49. The second kappa shape index (κ2) is 5.81. The highest BCUT2D eigenvalue weighted by atomic mass is 16.3. The molecule has 21 heavy (non-hydrogen) atoms. The summed E-state index contributed by atoms with van der Waals surface area (Å²) >= 11 is 0. The highest BCUT2D eigenvalue weighted by Crippen LogP contribution is 2.52. The van der Waals surface area contributed by atoms with Crippen LogP contribution >= 0.6 is 0 Å². The van der Waals surface area contributed by atoms with Gasteiger partial charge in [0, 0.05) is 0 Å². The van der Waals surface area contributed by atoms with Crippen LogP contribution in [0.2, 0.25) is 0 Å². The largest absolute Gasteiger partial charge is 0.384 e. The van der Waals surface area contributed by atoms with Crippen LogP contribution in [0.5, 0.6) is 0 Å². The molecule has 1 aromatic rings. The summed E-state index contributed by atoms with van der Waals surface area (Å²) in [4.78, 5) is 0. The molecule has 114 valence electrons. The molecule has 0 amide bonds. The Kier molecular flexibility index (Phi) is 4.44. The van der Waals surface area contributed by atoms with Gasteiger partial charge in [0.05, 0.1) is 11.5 Å². The summed E-state index contributed by atoms with van der Waals surface area (Å²) in [6.07, 6.45) is 4.91. The number of nitrogens with zero attached hydrogens (tertiary/aromatic N) is 1. The first kappa shape index (κ1) is 16.0. The lowest BCUT2D eigenvalue weighted by atomic mass is 9.59. The molecule has 1 N–H and O–H groups in total. The standard InChI is InChI=1S/C19H27NO/c1-5-16-7-6-10-19(12-16,13-20)18(4,21)17-11-14(2)8-9-15(17)3/h8-9,11,16,21H,5-7,10,12H2,1-4H3.